The molecule has 1 aliphatic heterocycles. The molecule has 0 bridgehead atoms. The minimum atomic E-state index is -4.68. The number of ether oxygens (including phenoxy) is 1. The molecule has 2 aromatic rings. The first kappa shape index (κ1) is 20.0. The molecule has 0 aliphatic carbocycles. The maximum Gasteiger partial charge on any atom is 0.416 e. The Hall–Kier alpha value is -2.78. The second kappa shape index (κ2) is 7.69. The number of likely N-dealkylation sites (tertiary alicyclic amines) is 1. The molecule has 1 aliphatic rings. The smallest absolute Gasteiger partial charge is 0.416 e. The summed E-state index contributed by atoms with van der Waals surface area (Å²) < 4.78 is 62.5. The van der Waals surface area contributed by atoms with Gasteiger partial charge in [-0.1, -0.05) is 0 Å². The zero-order valence-electron chi connectivity index (χ0n) is 14.9. The number of methoxy groups -OCH3 is 1. The Morgan fingerprint density at radius 1 is 1.32 bits per heavy atom. The number of hydrogen-bond acceptors (Lipinski definition) is 4. The number of rotatable bonds is 3. The molecular weight excluding hydrogens is 384 g/mol. The lowest BCUT2D eigenvalue weighted by atomic mass is 9.86. The highest BCUT2D eigenvalue weighted by atomic mass is 19.4. The number of halogens is 4. The number of aromatic amines is 1. The quantitative estimate of drug-likeness (QED) is 0.795. The second-order valence-corrected chi connectivity index (χ2v) is 6.70. The van der Waals surface area contributed by atoms with Gasteiger partial charge in [0.15, 0.2) is 0 Å². The zero-order valence-corrected chi connectivity index (χ0v) is 14.9. The highest BCUT2D eigenvalue weighted by Crippen LogP contribution is 2.34. The Balaban J connectivity index is 1.87. The van der Waals surface area contributed by atoms with E-state index in [0.717, 1.165) is 12.1 Å². The summed E-state index contributed by atoms with van der Waals surface area (Å²) in [5.41, 5.74) is -1.37. The number of piperidine rings is 1. The fraction of sp³-hybridized carbons (Fsp3) is 0.444. The number of amides is 1. The van der Waals surface area contributed by atoms with Crippen molar-refractivity contribution >= 4 is 6.09 Å². The van der Waals surface area contributed by atoms with Crippen LogP contribution in [0.2, 0.25) is 0 Å². The molecule has 3 rings (SSSR count). The lowest BCUT2D eigenvalue weighted by molar-refractivity contribution is -0.137. The van der Waals surface area contributed by atoms with E-state index in [9.17, 15) is 27.2 Å². The number of nitrogens with zero attached hydrogens (tertiary/aromatic N) is 1. The highest BCUT2D eigenvalue weighted by molar-refractivity contribution is 5.68. The van der Waals surface area contributed by atoms with Crippen molar-refractivity contribution in [2.75, 3.05) is 13.7 Å². The van der Waals surface area contributed by atoms with Gasteiger partial charge in [-0.05, 0) is 43.0 Å². The van der Waals surface area contributed by atoms with E-state index in [0.29, 0.717) is 24.7 Å². The maximum absolute atomic E-state index is 13.7. The predicted octanol–water partition coefficient (Wildman–Crippen LogP) is 3.68. The van der Waals surface area contributed by atoms with E-state index in [-0.39, 0.29) is 24.4 Å². The number of aromatic nitrogens is 1. The van der Waals surface area contributed by atoms with Crippen LogP contribution in [-0.2, 0) is 17.3 Å². The summed E-state index contributed by atoms with van der Waals surface area (Å²) in [6, 6.07) is 3.08. The van der Waals surface area contributed by atoms with Crippen LogP contribution >= 0.6 is 0 Å². The average molecular weight is 402 g/mol. The largest absolute Gasteiger partial charge is 0.453 e. The minimum Gasteiger partial charge on any atom is -0.453 e. The van der Waals surface area contributed by atoms with Crippen LogP contribution in [0, 0.1) is 5.82 Å². The van der Waals surface area contributed by atoms with Gasteiger partial charge in [-0.2, -0.15) is 18.3 Å². The van der Waals surface area contributed by atoms with Gasteiger partial charge in [-0.3, -0.25) is 4.79 Å². The molecule has 152 valence electrons. The van der Waals surface area contributed by atoms with Crippen molar-refractivity contribution < 1.29 is 31.6 Å². The van der Waals surface area contributed by atoms with E-state index < -0.39 is 35.3 Å². The summed E-state index contributed by atoms with van der Waals surface area (Å²) in [7, 11) is 1.21. The van der Waals surface area contributed by atoms with Gasteiger partial charge in [0.2, 0.25) is 0 Å². The molecule has 1 saturated heterocycles. The molecule has 28 heavy (non-hydrogen) atoms. The number of nitrogens with one attached hydrogen (secondary N) is 1. The van der Waals surface area contributed by atoms with Gasteiger partial charge in [0.25, 0.3) is 5.56 Å². The highest BCUT2D eigenvalue weighted by Gasteiger charge is 2.36. The molecule has 2 heterocycles. The van der Waals surface area contributed by atoms with Crippen molar-refractivity contribution in [2.24, 2.45) is 0 Å². The van der Waals surface area contributed by atoms with E-state index in [2.05, 4.69) is 5.16 Å². The number of hydrogen-bond donors (Lipinski definition) is 1. The monoisotopic (exact) mass is 402 g/mol. The molecule has 1 aromatic heterocycles. The minimum absolute atomic E-state index is 0.00109. The first-order valence-electron chi connectivity index (χ1n) is 8.57. The molecule has 0 spiro atoms. The number of carbonyl (C=O) groups is 1. The van der Waals surface area contributed by atoms with Gasteiger partial charge in [-0.25, -0.2) is 9.18 Å². The van der Waals surface area contributed by atoms with E-state index in [1.165, 1.54) is 18.1 Å². The van der Waals surface area contributed by atoms with Crippen LogP contribution in [-0.4, -0.2) is 35.8 Å². The van der Waals surface area contributed by atoms with Crippen LogP contribution < -0.4 is 5.56 Å². The van der Waals surface area contributed by atoms with E-state index >= 15 is 0 Å². The van der Waals surface area contributed by atoms with Crippen LogP contribution in [0.5, 0.6) is 0 Å². The van der Waals surface area contributed by atoms with Crippen molar-refractivity contribution in [1.82, 2.24) is 10.1 Å². The third-order valence-electron chi connectivity index (χ3n) is 4.83. The fourth-order valence-corrected chi connectivity index (χ4v) is 3.56. The third kappa shape index (κ3) is 4.37. The Morgan fingerprint density at radius 3 is 2.68 bits per heavy atom. The Bertz CT molecular complexity index is 905. The van der Waals surface area contributed by atoms with Gasteiger partial charge in [-0.15, -0.1) is 0 Å². The lowest BCUT2D eigenvalue weighted by Gasteiger charge is -2.38. The predicted molar refractivity (Wildman–Crippen MR) is 89.3 cm³/mol. The zero-order chi connectivity index (χ0) is 20.5. The standard InChI is InChI=1S/C18H18F4N2O4/c1-27-17(26)24-3-2-11(15-9-16(25)23-28-15)7-14(24)6-10-4-12(18(20,21)22)8-13(19)5-10/h4-5,8-9,11,14H,2-3,6-7H2,1H3,(H,23,25)/t11-,14-/m0/s1. The normalized spacial score (nSPS) is 20.2. The van der Waals surface area contributed by atoms with Crippen LogP contribution in [0.3, 0.4) is 0 Å². The molecule has 2 atom stereocenters. The topological polar surface area (TPSA) is 75.5 Å². The van der Waals surface area contributed by atoms with E-state index in [1.807, 2.05) is 0 Å². The molecule has 1 N–H and O–H groups in total. The number of carbonyl (C=O) groups excluding carboxylic acids is 1. The molecule has 0 radical (unpaired) electrons. The van der Waals surface area contributed by atoms with Crippen LogP contribution in [0.25, 0.3) is 0 Å². The van der Waals surface area contributed by atoms with Crippen LogP contribution in [0.4, 0.5) is 22.4 Å². The fourth-order valence-electron chi connectivity index (χ4n) is 3.56. The molecule has 0 saturated carbocycles. The summed E-state index contributed by atoms with van der Waals surface area (Å²) in [6.07, 6.45) is -4.48. The van der Waals surface area contributed by atoms with Crippen molar-refractivity contribution in [2.45, 2.75) is 37.4 Å². The van der Waals surface area contributed by atoms with Gasteiger partial charge in [0.1, 0.15) is 11.6 Å². The van der Waals surface area contributed by atoms with Crippen molar-refractivity contribution in [3.63, 3.8) is 0 Å². The van der Waals surface area contributed by atoms with Crippen molar-refractivity contribution in [3.05, 3.63) is 57.3 Å². The van der Waals surface area contributed by atoms with E-state index in [1.54, 1.807) is 0 Å². The first-order valence-corrected chi connectivity index (χ1v) is 8.57. The molecular formula is C18H18F4N2O4. The van der Waals surface area contributed by atoms with Crippen LogP contribution in [0.1, 0.15) is 35.6 Å². The van der Waals surface area contributed by atoms with Gasteiger partial charge >= 0.3 is 12.3 Å². The summed E-state index contributed by atoms with van der Waals surface area (Å²) in [5.74, 6) is -0.798. The Labute approximate surface area is 157 Å². The number of alkyl halides is 3. The third-order valence-corrected chi connectivity index (χ3v) is 4.83. The summed E-state index contributed by atoms with van der Waals surface area (Å²) >= 11 is 0. The van der Waals surface area contributed by atoms with Crippen LogP contribution in [0.15, 0.2) is 33.6 Å². The first-order chi connectivity index (χ1) is 13.2. The summed E-state index contributed by atoms with van der Waals surface area (Å²) in [6.45, 7) is 0.262. The SMILES string of the molecule is COC(=O)N1CC[C@H](c2cc(=O)[nH]o2)C[C@@H]1Cc1cc(F)cc(C(F)(F)F)c1. The molecule has 6 nitrogen and oxygen atoms in total. The Morgan fingerprint density at radius 2 is 2.07 bits per heavy atom. The summed E-state index contributed by atoms with van der Waals surface area (Å²) in [5, 5.41) is 2.20. The second-order valence-electron chi connectivity index (χ2n) is 6.70. The number of H-pyrrole nitrogens is 1. The number of benzene rings is 1. The molecule has 0 unspecified atom stereocenters. The lowest BCUT2D eigenvalue weighted by Crippen LogP contribution is -2.46. The van der Waals surface area contributed by atoms with Crippen molar-refractivity contribution in [1.29, 1.82) is 0 Å². The Kier molecular flexibility index (Phi) is 5.48. The average Bonchev–Trinajstić information content (AvgIpc) is 3.06. The summed E-state index contributed by atoms with van der Waals surface area (Å²) in [4.78, 5) is 24.8. The molecule has 1 aromatic carbocycles. The van der Waals surface area contributed by atoms with Gasteiger partial charge < -0.3 is 14.2 Å². The van der Waals surface area contributed by atoms with E-state index in [4.69, 9.17) is 9.26 Å². The molecule has 1 amide bonds. The molecule has 1 fully saturated rings. The van der Waals surface area contributed by atoms with Gasteiger partial charge in [0.05, 0.1) is 12.7 Å². The van der Waals surface area contributed by atoms with Crippen molar-refractivity contribution in [3.8, 4) is 0 Å². The molecule has 10 heteroatoms. The maximum atomic E-state index is 13.7. The van der Waals surface area contributed by atoms with Gasteiger partial charge in [0, 0.05) is 24.6 Å².